The molecule has 7 heteroatoms. The molecule has 114 valence electrons. The summed E-state index contributed by atoms with van der Waals surface area (Å²) in [6.07, 6.45) is -3.36. The van der Waals surface area contributed by atoms with Gasteiger partial charge in [0.25, 0.3) is 0 Å². The molecular weight excluding hydrogens is 261 g/mol. The van der Waals surface area contributed by atoms with Gasteiger partial charge in [0.2, 0.25) is 5.91 Å². The first kappa shape index (κ1) is 18.2. The van der Waals surface area contributed by atoms with E-state index in [-0.39, 0.29) is 13.2 Å². The summed E-state index contributed by atoms with van der Waals surface area (Å²) in [4.78, 5) is 11.3. The van der Waals surface area contributed by atoms with Crippen molar-refractivity contribution in [3.63, 3.8) is 0 Å². The van der Waals surface area contributed by atoms with Crippen molar-refractivity contribution in [2.75, 3.05) is 19.8 Å². The molecule has 0 radical (unpaired) electrons. The summed E-state index contributed by atoms with van der Waals surface area (Å²) in [5, 5.41) is 3.05. The van der Waals surface area contributed by atoms with Gasteiger partial charge in [-0.1, -0.05) is 6.92 Å². The van der Waals surface area contributed by atoms with Crippen LogP contribution < -0.4 is 11.1 Å². The third-order valence-corrected chi connectivity index (χ3v) is 2.80. The van der Waals surface area contributed by atoms with Crippen LogP contribution in [0.2, 0.25) is 0 Å². The van der Waals surface area contributed by atoms with Crippen LogP contribution in [0.5, 0.6) is 0 Å². The highest BCUT2D eigenvalue weighted by atomic mass is 19.4. The molecule has 0 aromatic rings. The number of nitrogens with two attached hydrogens (primary N) is 1. The number of amides is 1. The van der Waals surface area contributed by atoms with Crippen LogP contribution >= 0.6 is 0 Å². The molecule has 0 rings (SSSR count). The summed E-state index contributed by atoms with van der Waals surface area (Å²) < 4.78 is 40.4. The Bertz CT molecular complexity index is 272. The average Bonchev–Trinajstić information content (AvgIpc) is 2.29. The van der Waals surface area contributed by atoms with Gasteiger partial charge in [0.1, 0.15) is 0 Å². The van der Waals surface area contributed by atoms with E-state index >= 15 is 0 Å². The average molecular weight is 284 g/mol. The second kappa shape index (κ2) is 8.37. The quantitative estimate of drug-likeness (QED) is 0.603. The third-order valence-electron chi connectivity index (χ3n) is 2.80. The molecule has 0 fully saturated rings. The van der Waals surface area contributed by atoms with Crippen LogP contribution in [0.4, 0.5) is 13.2 Å². The largest absolute Gasteiger partial charge is 0.391 e. The lowest BCUT2D eigenvalue weighted by Crippen LogP contribution is -2.53. The molecule has 0 heterocycles. The highest BCUT2D eigenvalue weighted by Gasteiger charge is 2.29. The maximum atomic E-state index is 11.8. The van der Waals surface area contributed by atoms with Gasteiger partial charge in [-0.05, 0) is 32.7 Å². The number of primary amides is 1. The smallest absolute Gasteiger partial charge is 0.381 e. The van der Waals surface area contributed by atoms with Crippen molar-refractivity contribution < 1.29 is 22.7 Å². The summed E-state index contributed by atoms with van der Waals surface area (Å²) in [7, 11) is 0. The number of rotatable bonds is 10. The lowest BCUT2D eigenvalue weighted by molar-refractivity contribution is -0.145. The summed E-state index contributed by atoms with van der Waals surface area (Å²) in [5.74, 6) is -0.462. The maximum Gasteiger partial charge on any atom is 0.391 e. The van der Waals surface area contributed by atoms with E-state index in [1.54, 1.807) is 6.92 Å². The minimum absolute atomic E-state index is 0.187. The monoisotopic (exact) mass is 284 g/mol. The predicted molar refractivity (Wildman–Crippen MR) is 66.6 cm³/mol. The van der Waals surface area contributed by atoms with E-state index in [0.717, 1.165) is 6.42 Å². The van der Waals surface area contributed by atoms with E-state index in [1.807, 2.05) is 6.92 Å². The van der Waals surface area contributed by atoms with E-state index in [0.29, 0.717) is 19.4 Å². The molecule has 1 amide bonds. The van der Waals surface area contributed by atoms with Crippen LogP contribution in [0.1, 0.15) is 39.5 Å². The number of alkyl halides is 3. The molecule has 0 spiro atoms. The Hall–Kier alpha value is -0.820. The van der Waals surface area contributed by atoms with Crippen LogP contribution in [-0.2, 0) is 9.53 Å². The Balaban J connectivity index is 3.85. The molecule has 3 N–H and O–H groups in total. The molecule has 1 unspecified atom stereocenters. The zero-order valence-electron chi connectivity index (χ0n) is 11.5. The molecule has 0 aliphatic carbocycles. The van der Waals surface area contributed by atoms with E-state index in [4.69, 9.17) is 10.5 Å². The first-order valence-corrected chi connectivity index (χ1v) is 6.40. The van der Waals surface area contributed by atoms with Crippen LogP contribution in [0.15, 0.2) is 0 Å². The van der Waals surface area contributed by atoms with Crippen LogP contribution in [0, 0.1) is 0 Å². The normalized spacial score (nSPS) is 15.2. The van der Waals surface area contributed by atoms with Gasteiger partial charge in [0.05, 0.1) is 18.6 Å². The number of hydrogen-bond acceptors (Lipinski definition) is 3. The Kier molecular flexibility index (Phi) is 8.01. The Labute approximate surface area is 111 Å². The standard InChI is InChI=1S/C12H23F3N2O2/c1-3-7-17-11(2,10(16)18)5-4-8-19-9-6-12(13,14)15/h17H,3-9H2,1-2H3,(H2,16,18). The van der Waals surface area contributed by atoms with Crippen LogP contribution in [0.3, 0.4) is 0 Å². The van der Waals surface area contributed by atoms with Gasteiger partial charge in [-0.2, -0.15) is 13.2 Å². The Morgan fingerprint density at radius 2 is 1.89 bits per heavy atom. The van der Waals surface area contributed by atoms with Gasteiger partial charge in [0, 0.05) is 6.61 Å². The number of nitrogens with one attached hydrogen (secondary N) is 1. The number of ether oxygens (including phenoxy) is 1. The molecule has 4 nitrogen and oxygen atoms in total. The Morgan fingerprint density at radius 3 is 2.37 bits per heavy atom. The lowest BCUT2D eigenvalue weighted by Gasteiger charge is -2.27. The number of carbonyl (C=O) groups excluding carboxylic acids is 1. The van der Waals surface area contributed by atoms with Crippen molar-refractivity contribution in [3.8, 4) is 0 Å². The van der Waals surface area contributed by atoms with Crippen LogP contribution in [0.25, 0.3) is 0 Å². The van der Waals surface area contributed by atoms with Gasteiger partial charge in [-0.25, -0.2) is 0 Å². The van der Waals surface area contributed by atoms with Crippen molar-refractivity contribution in [2.45, 2.75) is 51.2 Å². The van der Waals surface area contributed by atoms with Crippen molar-refractivity contribution in [1.82, 2.24) is 5.32 Å². The fourth-order valence-corrected chi connectivity index (χ4v) is 1.52. The molecule has 0 aromatic carbocycles. The van der Waals surface area contributed by atoms with Crippen molar-refractivity contribution in [1.29, 1.82) is 0 Å². The SMILES string of the molecule is CCCNC(C)(CCCOCCC(F)(F)F)C(N)=O. The molecule has 19 heavy (non-hydrogen) atoms. The van der Waals surface area contributed by atoms with E-state index in [1.165, 1.54) is 0 Å². The highest BCUT2D eigenvalue weighted by molar-refractivity contribution is 5.84. The minimum Gasteiger partial charge on any atom is -0.381 e. The van der Waals surface area contributed by atoms with Crippen molar-refractivity contribution in [3.05, 3.63) is 0 Å². The number of hydrogen-bond donors (Lipinski definition) is 2. The summed E-state index contributed by atoms with van der Waals surface area (Å²) in [6, 6.07) is 0. The minimum atomic E-state index is -4.19. The zero-order chi connectivity index (χ0) is 14.9. The second-order valence-electron chi connectivity index (χ2n) is 4.70. The van der Waals surface area contributed by atoms with Crippen molar-refractivity contribution >= 4 is 5.91 Å². The first-order chi connectivity index (χ1) is 8.71. The molecule has 0 aliphatic rings. The zero-order valence-corrected chi connectivity index (χ0v) is 11.5. The van der Waals surface area contributed by atoms with Gasteiger partial charge >= 0.3 is 6.18 Å². The summed E-state index contributed by atoms with van der Waals surface area (Å²) >= 11 is 0. The van der Waals surface area contributed by atoms with Crippen molar-refractivity contribution in [2.24, 2.45) is 5.73 Å². The van der Waals surface area contributed by atoms with E-state index < -0.39 is 24.0 Å². The lowest BCUT2D eigenvalue weighted by atomic mass is 9.95. The molecule has 0 aliphatic heterocycles. The molecule has 0 saturated heterocycles. The van der Waals surface area contributed by atoms with Gasteiger partial charge in [0.15, 0.2) is 0 Å². The molecule has 0 bridgehead atoms. The number of halogens is 3. The van der Waals surface area contributed by atoms with Gasteiger partial charge in [-0.3, -0.25) is 4.79 Å². The molecule has 0 aromatic heterocycles. The van der Waals surface area contributed by atoms with Gasteiger partial charge < -0.3 is 15.8 Å². The molecule has 0 saturated carbocycles. The van der Waals surface area contributed by atoms with E-state index in [9.17, 15) is 18.0 Å². The topological polar surface area (TPSA) is 64.3 Å². The molecule has 1 atom stereocenters. The number of carbonyl (C=O) groups is 1. The fourth-order valence-electron chi connectivity index (χ4n) is 1.52. The highest BCUT2D eigenvalue weighted by Crippen LogP contribution is 2.19. The Morgan fingerprint density at radius 1 is 1.26 bits per heavy atom. The van der Waals surface area contributed by atoms with Gasteiger partial charge in [-0.15, -0.1) is 0 Å². The fraction of sp³-hybridized carbons (Fsp3) is 0.917. The summed E-state index contributed by atoms with van der Waals surface area (Å²) in [6.45, 7) is 4.16. The van der Waals surface area contributed by atoms with E-state index in [2.05, 4.69) is 5.32 Å². The third kappa shape index (κ3) is 8.83. The molecular formula is C12H23F3N2O2. The summed E-state index contributed by atoms with van der Waals surface area (Å²) in [5.41, 5.74) is 4.49. The maximum absolute atomic E-state index is 11.8. The van der Waals surface area contributed by atoms with Crippen LogP contribution in [-0.4, -0.2) is 37.4 Å². The predicted octanol–water partition coefficient (Wildman–Crippen LogP) is 1.98. The first-order valence-electron chi connectivity index (χ1n) is 6.40. The second-order valence-corrected chi connectivity index (χ2v) is 4.70.